The van der Waals surface area contributed by atoms with Gasteiger partial charge in [0, 0.05) is 11.1 Å². The van der Waals surface area contributed by atoms with Crippen LogP contribution in [0.1, 0.15) is 35.9 Å². The second-order valence-electron chi connectivity index (χ2n) is 6.74. The summed E-state index contributed by atoms with van der Waals surface area (Å²) in [4.78, 5) is 12.6. The third-order valence-electron chi connectivity index (χ3n) is 4.83. The van der Waals surface area contributed by atoms with Gasteiger partial charge in [-0.2, -0.15) is 0 Å². The number of furan rings is 1. The lowest BCUT2D eigenvalue weighted by atomic mass is 10.0. The number of quaternary nitrogens is 1. The molecule has 0 saturated heterocycles. The fourth-order valence-electron chi connectivity index (χ4n) is 3.33. The van der Waals surface area contributed by atoms with E-state index >= 15 is 0 Å². The summed E-state index contributed by atoms with van der Waals surface area (Å²) < 4.78 is 16.3. The molecule has 1 heterocycles. The fourth-order valence-corrected chi connectivity index (χ4v) is 3.33. The highest BCUT2D eigenvalue weighted by Crippen LogP contribution is 2.29. The van der Waals surface area contributed by atoms with Crippen molar-refractivity contribution in [1.29, 1.82) is 0 Å². The predicted molar refractivity (Wildman–Crippen MR) is 110 cm³/mol. The van der Waals surface area contributed by atoms with Crippen LogP contribution in [0.5, 0.6) is 11.5 Å². The summed E-state index contributed by atoms with van der Waals surface area (Å²) in [7, 11) is 3.23. The highest BCUT2D eigenvalue weighted by molar-refractivity contribution is 5.77. The molecule has 6 heteroatoms. The molecule has 152 valence electrons. The summed E-state index contributed by atoms with van der Waals surface area (Å²) in [5, 5.41) is 5.01. The van der Waals surface area contributed by atoms with Crippen LogP contribution in [0.4, 0.5) is 0 Å². The minimum atomic E-state index is -0.222. The number of nitrogens with two attached hydrogens (primary N) is 1. The third kappa shape index (κ3) is 5.18. The zero-order valence-corrected chi connectivity index (χ0v) is 16.9. The fraction of sp³-hybridized carbons (Fsp3) is 0.261. The lowest BCUT2D eigenvalue weighted by molar-refractivity contribution is -0.678. The van der Waals surface area contributed by atoms with E-state index in [4.69, 9.17) is 13.9 Å². The van der Waals surface area contributed by atoms with Gasteiger partial charge in [-0.05, 0) is 37.3 Å². The van der Waals surface area contributed by atoms with Crippen LogP contribution in [0.25, 0.3) is 0 Å². The van der Waals surface area contributed by atoms with Crippen LogP contribution < -0.4 is 20.1 Å². The smallest absolute Gasteiger partial charge is 0.275 e. The summed E-state index contributed by atoms with van der Waals surface area (Å²) in [5.74, 6) is 2.16. The quantitative estimate of drug-likeness (QED) is 0.584. The van der Waals surface area contributed by atoms with Crippen molar-refractivity contribution >= 4 is 5.91 Å². The predicted octanol–water partition coefficient (Wildman–Crippen LogP) is 2.83. The van der Waals surface area contributed by atoms with E-state index in [1.165, 1.54) is 0 Å². The summed E-state index contributed by atoms with van der Waals surface area (Å²) in [6, 6.07) is 19.0. The Kier molecular flexibility index (Phi) is 6.92. The number of hydrogen-bond acceptors (Lipinski definition) is 4. The van der Waals surface area contributed by atoms with Crippen LogP contribution in [0.3, 0.4) is 0 Å². The van der Waals surface area contributed by atoms with Gasteiger partial charge >= 0.3 is 0 Å². The van der Waals surface area contributed by atoms with Crippen molar-refractivity contribution in [1.82, 2.24) is 5.32 Å². The molecule has 6 nitrogen and oxygen atoms in total. The maximum atomic E-state index is 12.6. The number of carbonyl (C=O) groups is 1. The Morgan fingerprint density at radius 2 is 1.86 bits per heavy atom. The molecule has 3 N–H and O–H groups in total. The van der Waals surface area contributed by atoms with Crippen molar-refractivity contribution in [3.63, 3.8) is 0 Å². The number of benzene rings is 2. The van der Waals surface area contributed by atoms with Gasteiger partial charge in [0.1, 0.15) is 11.5 Å². The summed E-state index contributed by atoms with van der Waals surface area (Å²) in [6.45, 7) is 2.19. The lowest BCUT2D eigenvalue weighted by Gasteiger charge is -2.19. The number of amides is 1. The maximum Gasteiger partial charge on any atom is 0.275 e. The topological polar surface area (TPSA) is 77.3 Å². The minimum Gasteiger partial charge on any atom is -0.497 e. The molecule has 0 spiro atoms. The Balaban J connectivity index is 1.67. The summed E-state index contributed by atoms with van der Waals surface area (Å²) >= 11 is 0. The van der Waals surface area contributed by atoms with Crippen LogP contribution in [0.15, 0.2) is 71.3 Å². The zero-order chi connectivity index (χ0) is 20.6. The van der Waals surface area contributed by atoms with Crippen LogP contribution in [-0.4, -0.2) is 26.7 Å². The molecule has 0 bridgehead atoms. The molecule has 29 heavy (non-hydrogen) atoms. The van der Waals surface area contributed by atoms with Crippen molar-refractivity contribution in [2.75, 3.05) is 20.8 Å². The number of nitrogens with one attached hydrogen (secondary N) is 1. The standard InChI is InChI=1S/C23H26N2O4/c1-16(19-14-18(27-2)11-12-20(19)28-3)25-22(26)15-24-23(21-10-7-13-29-21)17-8-5-4-6-9-17/h4-14,16,23-24H,15H2,1-3H3,(H,25,26)/p+1/t16-,23-/m0/s1. The van der Waals surface area contributed by atoms with E-state index in [0.717, 1.165) is 22.6 Å². The highest BCUT2D eigenvalue weighted by Gasteiger charge is 2.22. The van der Waals surface area contributed by atoms with Crippen molar-refractivity contribution < 1.29 is 24.0 Å². The van der Waals surface area contributed by atoms with Crippen molar-refractivity contribution in [3.8, 4) is 11.5 Å². The van der Waals surface area contributed by atoms with E-state index in [2.05, 4.69) is 5.32 Å². The van der Waals surface area contributed by atoms with Gasteiger partial charge in [-0.25, -0.2) is 0 Å². The number of carbonyl (C=O) groups excluding carboxylic acids is 1. The van der Waals surface area contributed by atoms with Gasteiger partial charge in [0.25, 0.3) is 5.91 Å². The first kappa shape index (κ1) is 20.5. The van der Waals surface area contributed by atoms with Crippen LogP contribution in [0, 0.1) is 0 Å². The van der Waals surface area contributed by atoms with Gasteiger partial charge in [0.2, 0.25) is 0 Å². The first-order chi connectivity index (χ1) is 14.1. The molecule has 2 aromatic carbocycles. The van der Waals surface area contributed by atoms with E-state index in [0.29, 0.717) is 5.75 Å². The molecule has 0 unspecified atom stereocenters. The summed E-state index contributed by atoms with van der Waals surface area (Å²) in [5.41, 5.74) is 1.95. The van der Waals surface area contributed by atoms with E-state index in [-0.39, 0.29) is 24.5 Å². The largest absolute Gasteiger partial charge is 0.497 e. The molecule has 0 saturated carbocycles. The second-order valence-corrected chi connectivity index (χ2v) is 6.74. The Morgan fingerprint density at radius 1 is 1.07 bits per heavy atom. The molecule has 0 aliphatic heterocycles. The number of rotatable bonds is 9. The summed E-state index contributed by atoms with van der Waals surface area (Å²) in [6.07, 6.45) is 1.65. The first-order valence-corrected chi connectivity index (χ1v) is 9.55. The molecule has 1 amide bonds. The Morgan fingerprint density at radius 3 is 2.52 bits per heavy atom. The molecular formula is C23H27N2O4+. The van der Waals surface area contributed by atoms with Crippen LogP contribution in [-0.2, 0) is 4.79 Å². The van der Waals surface area contributed by atoms with Gasteiger partial charge < -0.3 is 24.5 Å². The third-order valence-corrected chi connectivity index (χ3v) is 4.83. The molecule has 0 radical (unpaired) electrons. The van der Waals surface area contributed by atoms with Crippen molar-refractivity contribution in [2.24, 2.45) is 0 Å². The molecule has 2 atom stereocenters. The Hall–Kier alpha value is -3.25. The monoisotopic (exact) mass is 395 g/mol. The second kappa shape index (κ2) is 9.80. The molecule has 0 aliphatic carbocycles. The molecule has 1 aromatic heterocycles. The van der Waals surface area contributed by atoms with Crippen LogP contribution in [0.2, 0.25) is 0 Å². The Labute approximate surface area is 170 Å². The van der Waals surface area contributed by atoms with E-state index in [1.807, 2.05) is 72.9 Å². The molecule has 0 fully saturated rings. The van der Waals surface area contributed by atoms with E-state index in [1.54, 1.807) is 20.5 Å². The molecular weight excluding hydrogens is 368 g/mol. The van der Waals surface area contributed by atoms with Gasteiger partial charge in [-0.15, -0.1) is 0 Å². The van der Waals surface area contributed by atoms with Gasteiger partial charge in [0.05, 0.1) is 26.5 Å². The Bertz CT molecular complexity index is 910. The first-order valence-electron chi connectivity index (χ1n) is 9.55. The SMILES string of the molecule is COc1ccc(OC)c([C@H](C)NC(=O)C[NH2+][C@@H](c2ccccc2)c2ccco2)c1. The van der Waals surface area contributed by atoms with Crippen LogP contribution >= 0.6 is 0 Å². The number of hydrogen-bond donors (Lipinski definition) is 2. The van der Waals surface area contributed by atoms with E-state index < -0.39 is 0 Å². The van der Waals surface area contributed by atoms with E-state index in [9.17, 15) is 4.79 Å². The highest BCUT2D eigenvalue weighted by atomic mass is 16.5. The van der Waals surface area contributed by atoms with Crippen molar-refractivity contribution in [2.45, 2.75) is 19.0 Å². The average molecular weight is 395 g/mol. The number of methoxy groups -OCH3 is 2. The number of ether oxygens (including phenoxy) is 2. The van der Waals surface area contributed by atoms with Gasteiger partial charge in [-0.3, -0.25) is 4.79 Å². The average Bonchev–Trinajstić information content (AvgIpc) is 3.28. The lowest BCUT2D eigenvalue weighted by Crippen LogP contribution is -2.87. The van der Waals surface area contributed by atoms with Crippen molar-refractivity contribution in [3.05, 3.63) is 83.8 Å². The molecule has 0 aliphatic rings. The zero-order valence-electron chi connectivity index (χ0n) is 16.9. The normalized spacial score (nSPS) is 12.8. The molecule has 3 rings (SSSR count). The maximum absolute atomic E-state index is 12.6. The minimum absolute atomic E-state index is 0.0742. The van der Waals surface area contributed by atoms with Gasteiger partial charge in [-0.1, -0.05) is 30.3 Å². The molecule has 3 aromatic rings. The van der Waals surface area contributed by atoms with Gasteiger partial charge in [0.15, 0.2) is 18.3 Å².